The van der Waals surface area contributed by atoms with Crippen molar-refractivity contribution in [1.29, 1.82) is 0 Å². The maximum Gasteiger partial charge on any atom is 0.163 e. The number of hydrogen-bond acceptors (Lipinski definition) is 3. The van der Waals surface area contributed by atoms with Crippen LogP contribution in [0.2, 0.25) is 0 Å². The number of nitrogens with zero attached hydrogens (tertiary/aromatic N) is 2. The quantitative estimate of drug-likeness (QED) is 0.704. The fourth-order valence-corrected chi connectivity index (χ4v) is 3.47. The third-order valence-electron chi connectivity index (χ3n) is 4.75. The summed E-state index contributed by atoms with van der Waals surface area (Å²) in [4.78, 5) is 6.10. The number of pyridine rings is 1. The molecule has 1 aromatic heterocycles. The molecule has 1 saturated heterocycles. The topological polar surface area (TPSA) is 28.2 Å². The number of halogens is 3. The van der Waals surface area contributed by atoms with Crippen LogP contribution in [0.3, 0.4) is 0 Å². The molecular weight excluding hydrogens is 339 g/mol. The molecule has 0 radical (unpaired) electrons. The van der Waals surface area contributed by atoms with Gasteiger partial charge in [0.2, 0.25) is 0 Å². The van der Waals surface area contributed by atoms with Crippen LogP contribution < -0.4 is 5.32 Å². The molecule has 2 aromatic carbocycles. The van der Waals surface area contributed by atoms with Gasteiger partial charge in [-0.15, -0.1) is 0 Å². The van der Waals surface area contributed by atoms with E-state index in [2.05, 4.69) is 16.4 Å². The standard InChI is InChI=1S/C20H18F3N3/c21-16-7-15(20(23)19(22)9-16)11-26-6-4-18(12-26)25-17-2-1-14-10-24-5-3-13(14)8-17/h1-3,5,7-10,18,25H,4,6,11-12H2. The van der Waals surface area contributed by atoms with Crippen molar-refractivity contribution in [3.63, 3.8) is 0 Å². The third-order valence-corrected chi connectivity index (χ3v) is 4.75. The number of benzene rings is 2. The maximum atomic E-state index is 13.8. The second-order valence-electron chi connectivity index (χ2n) is 6.66. The lowest BCUT2D eigenvalue weighted by molar-refractivity contribution is 0.319. The van der Waals surface area contributed by atoms with Gasteiger partial charge in [0.25, 0.3) is 0 Å². The first-order chi connectivity index (χ1) is 12.6. The predicted octanol–water partition coefficient (Wildman–Crippen LogP) is 4.34. The monoisotopic (exact) mass is 357 g/mol. The number of likely N-dealkylation sites (tertiary alicyclic amines) is 1. The normalized spacial score (nSPS) is 17.7. The first kappa shape index (κ1) is 16.8. The average molecular weight is 357 g/mol. The summed E-state index contributed by atoms with van der Waals surface area (Å²) < 4.78 is 40.5. The maximum absolute atomic E-state index is 13.8. The van der Waals surface area contributed by atoms with E-state index in [1.807, 2.05) is 29.3 Å². The van der Waals surface area contributed by atoms with Gasteiger partial charge < -0.3 is 5.32 Å². The Hall–Kier alpha value is -2.60. The lowest BCUT2D eigenvalue weighted by atomic mass is 10.1. The molecule has 0 aliphatic carbocycles. The molecule has 0 spiro atoms. The summed E-state index contributed by atoms with van der Waals surface area (Å²) in [6.07, 6.45) is 4.47. The first-order valence-electron chi connectivity index (χ1n) is 8.54. The molecule has 134 valence electrons. The highest BCUT2D eigenvalue weighted by Gasteiger charge is 2.24. The molecule has 4 rings (SSSR count). The number of aromatic nitrogens is 1. The number of hydrogen-bond donors (Lipinski definition) is 1. The van der Waals surface area contributed by atoms with Crippen LogP contribution >= 0.6 is 0 Å². The van der Waals surface area contributed by atoms with Gasteiger partial charge in [-0.1, -0.05) is 6.07 Å². The number of fused-ring (bicyclic) bond motifs is 1. The highest BCUT2D eigenvalue weighted by atomic mass is 19.2. The summed E-state index contributed by atoms with van der Waals surface area (Å²) in [5.41, 5.74) is 1.07. The summed E-state index contributed by atoms with van der Waals surface area (Å²) >= 11 is 0. The minimum atomic E-state index is -1.14. The number of rotatable bonds is 4. The van der Waals surface area contributed by atoms with Crippen LogP contribution in [0.1, 0.15) is 12.0 Å². The van der Waals surface area contributed by atoms with Crippen molar-refractivity contribution in [3.8, 4) is 0 Å². The van der Waals surface area contributed by atoms with Crippen molar-refractivity contribution in [1.82, 2.24) is 9.88 Å². The molecule has 1 unspecified atom stereocenters. The minimum absolute atomic E-state index is 0.0568. The van der Waals surface area contributed by atoms with Gasteiger partial charge >= 0.3 is 0 Å². The second-order valence-corrected chi connectivity index (χ2v) is 6.66. The molecule has 1 aliphatic heterocycles. The van der Waals surface area contributed by atoms with Gasteiger partial charge in [0, 0.05) is 60.8 Å². The van der Waals surface area contributed by atoms with Gasteiger partial charge in [-0.05, 0) is 36.1 Å². The van der Waals surface area contributed by atoms with Crippen LogP contribution in [0.5, 0.6) is 0 Å². The molecule has 1 aliphatic rings. The predicted molar refractivity (Wildman–Crippen MR) is 95.4 cm³/mol. The molecule has 3 nitrogen and oxygen atoms in total. The van der Waals surface area contributed by atoms with Gasteiger partial charge in [-0.25, -0.2) is 13.2 Å². The molecule has 26 heavy (non-hydrogen) atoms. The number of nitrogens with one attached hydrogen (secondary N) is 1. The average Bonchev–Trinajstić information content (AvgIpc) is 3.06. The SMILES string of the molecule is Fc1cc(F)c(F)c(CN2CCC(Nc3ccc4cnccc4c3)C2)c1. The van der Waals surface area contributed by atoms with E-state index in [-0.39, 0.29) is 18.2 Å². The number of anilines is 1. The molecule has 0 amide bonds. The van der Waals surface area contributed by atoms with Crippen LogP contribution in [0, 0.1) is 17.5 Å². The zero-order valence-electron chi connectivity index (χ0n) is 14.1. The van der Waals surface area contributed by atoms with E-state index in [1.54, 1.807) is 6.20 Å². The zero-order chi connectivity index (χ0) is 18.1. The Labute approximate surface area is 149 Å². The van der Waals surface area contributed by atoms with Crippen LogP contribution in [0.4, 0.5) is 18.9 Å². The van der Waals surface area contributed by atoms with Crippen LogP contribution in [-0.2, 0) is 6.54 Å². The molecule has 1 atom stereocenters. The first-order valence-corrected chi connectivity index (χ1v) is 8.54. The summed E-state index contributed by atoms with van der Waals surface area (Å²) in [6, 6.07) is 9.90. The van der Waals surface area contributed by atoms with Crippen LogP contribution in [-0.4, -0.2) is 29.0 Å². The van der Waals surface area contributed by atoms with Crippen molar-refractivity contribution < 1.29 is 13.2 Å². The minimum Gasteiger partial charge on any atom is -0.381 e. The van der Waals surface area contributed by atoms with E-state index in [0.717, 1.165) is 35.5 Å². The summed E-state index contributed by atoms with van der Waals surface area (Å²) in [6.45, 7) is 1.63. The van der Waals surface area contributed by atoms with Crippen molar-refractivity contribution >= 4 is 16.5 Å². The Bertz CT molecular complexity index is 945. The van der Waals surface area contributed by atoms with Gasteiger partial charge in [0.15, 0.2) is 11.6 Å². The molecule has 0 saturated carbocycles. The van der Waals surface area contributed by atoms with Crippen molar-refractivity contribution in [2.24, 2.45) is 0 Å². The van der Waals surface area contributed by atoms with Gasteiger partial charge in [-0.2, -0.15) is 0 Å². The Balaban J connectivity index is 1.42. The van der Waals surface area contributed by atoms with E-state index in [1.165, 1.54) is 0 Å². The van der Waals surface area contributed by atoms with Gasteiger partial charge in [0.1, 0.15) is 5.82 Å². The highest BCUT2D eigenvalue weighted by Crippen LogP contribution is 2.23. The fraction of sp³-hybridized carbons (Fsp3) is 0.250. The molecule has 6 heteroatoms. The van der Waals surface area contributed by atoms with Crippen molar-refractivity contribution in [2.75, 3.05) is 18.4 Å². The van der Waals surface area contributed by atoms with Gasteiger partial charge in [-0.3, -0.25) is 9.88 Å². The molecule has 3 aromatic rings. The smallest absolute Gasteiger partial charge is 0.163 e. The van der Waals surface area contributed by atoms with Crippen LogP contribution in [0.25, 0.3) is 10.8 Å². The van der Waals surface area contributed by atoms with E-state index in [9.17, 15) is 13.2 Å². The Morgan fingerprint density at radius 1 is 1.08 bits per heavy atom. The lowest BCUT2D eigenvalue weighted by Gasteiger charge is -2.18. The Morgan fingerprint density at radius 2 is 1.96 bits per heavy atom. The summed E-state index contributed by atoms with van der Waals surface area (Å²) in [5.74, 6) is -2.86. The largest absolute Gasteiger partial charge is 0.381 e. The molecule has 2 heterocycles. The molecule has 0 bridgehead atoms. The summed E-state index contributed by atoms with van der Waals surface area (Å²) in [5, 5.41) is 5.67. The van der Waals surface area contributed by atoms with Crippen molar-refractivity contribution in [2.45, 2.75) is 19.0 Å². The molecular formula is C20H18F3N3. The van der Waals surface area contributed by atoms with E-state index in [0.29, 0.717) is 12.6 Å². The zero-order valence-corrected chi connectivity index (χ0v) is 14.1. The van der Waals surface area contributed by atoms with E-state index < -0.39 is 17.5 Å². The van der Waals surface area contributed by atoms with E-state index >= 15 is 0 Å². The summed E-state index contributed by atoms with van der Waals surface area (Å²) in [7, 11) is 0. The Morgan fingerprint density at radius 3 is 2.85 bits per heavy atom. The Kier molecular flexibility index (Phi) is 4.51. The second kappa shape index (κ2) is 6.96. The van der Waals surface area contributed by atoms with Crippen molar-refractivity contribution in [3.05, 3.63) is 71.8 Å². The highest BCUT2D eigenvalue weighted by molar-refractivity contribution is 5.84. The third kappa shape index (κ3) is 3.51. The molecule has 1 fully saturated rings. The van der Waals surface area contributed by atoms with Crippen LogP contribution in [0.15, 0.2) is 48.8 Å². The fourth-order valence-electron chi connectivity index (χ4n) is 3.47. The lowest BCUT2D eigenvalue weighted by Crippen LogP contribution is -2.26. The van der Waals surface area contributed by atoms with E-state index in [4.69, 9.17) is 0 Å². The molecule has 1 N–H and O–H groups in total. The van der Waals surface area contributed by atoms with Gasteiger partial charge in [0.05, 0.1) is 0 Å².